The molecule has 8 nitrogen and oxygen atoms in total. The lowest BCUT2D eigenvalue weighted by molar-refractivity contribution is 0.490. The van der Waals surface area contributed by atoms with Crippen LogP contribution < -0.4 is 11.5 Å². The van der Waals surface area contributed by atoms with E-state index in [4.69, 9.17) is 39.2 Å². The Balaban J connectivity index is 0.000000500. The monoisotopic (exact) mass is 463 g/mol. The Hall–Kier alpha value is -1.72. The Kier molecular flexibility index (Phi) is 7.40. The molecule has 1 aliphatic carbocycles. The van der Waals surface area contributed by atoms with Crippen LogP contribution in [0.5, 0.6) is 0 Å². The minimum Gasteiger partial charge on any atom is -0.369 e. The summed E-state index contributed by atoms with van der Waals surface area (Å²) in [6.45, 7) is 2.03. The Morgan fingerprint density at radius 1 is 1.36 bits per heavy atom. The second kappa shape index (κ2) is 9.19. The van der Waals surface area contributed by atoms with Gasteiger partial charge in [-0.15, -0.1) is 16.4 Å². The van der Waals surface area contributed by atoms with Crippen molar-refractivity contribution in [1.29, 1.82) is 0 Å². The number of halogens is 2. The second-order valence-corrected chi connectivity index (χ2v) is 9.89. The van der Waals surface area contributed by atoms with Crippen LogP contribution in [0.1, 0.15) is 34.7 Å². The van der Waals surface area contributed by atoms with E-state index in [1.54, 1.807) is 6.20 Å². The van der Waals surface area contributed by atoms with Crippen molar-refractivity contribution in [2.75, 3.05) is 6.26 Å². The van der Waals surface area contributed by atoms with Gasteiger partial charge in [0.25, 0.3) is 10.1 Å². The van der Waals surface area contributed by atoms with Gasteiger partial charge in [-0.1, -0.05) is 23.2 Å². The number of pyridine rings is 1. The van der Waals surface area contributed by atoms with Gasteiger partial charge in [0.2, 0.25) is 5.96 Å². The molecule has 0 fully saturated rings. The normalized spacial score (nSPS) is 17.5. The van der Waals surface area contributed by atoms with Gasteiger partial charge >= 0.3 is 0 Å². The molecular formula is C16H19Cl2N5O3S2. The maximum Gasteiger partial charge on any atom is 0.261 e. The van der Waals surface area contributed by atoms with Crippen LogP contribution >= 0.6 is 34.5 Å². The van der Waals surface area contributed by atoms with Gasteiger partial charge in [-0.2, -0.15) is 13.5 Å². The van der Waals surface area contributed by atoms with Crippen molar-refractivity contribution in [2.24, 2.45) is 21.7 Å². The lowest BCUT2D eigenvalue weighted by atomic mass is 9.81. The van der Waals surface area contributed by atoms with Crippen molar-refractivity contribution in [3.05, 3.63) is 49.4 Å². The van der Waals surface area contributed by atoms with E-state index < -0.39 is 10.1 Å². The molecule has 2 aromatic heterocycles. The minimum atomic E-state index is -3.67. The summed E-state index contributed by atoms with van der Waals surface area (Å²) in [5.74, 6) is 0.0836. The summed E-state index contributed by atoms with van der Waals surface area (Å²) in [4.78, 5) is 4.51. The summed E-state index contributed by atoms with van der Waals surface area (Å²) >= 11 is 13.8. The van der Waals surface area contributed by atoms with E-state index in [0.29, 0.717) is 21.3 Å². The molecule has 0 aromatic carbocycles. The zero-order chi connectivity index (χ0) is 21.1. The highest BCUT2D eigenvalue weighted by atomic mass is 35.5. The maximum atomic E-state index is 9.19. The molecule has 0 radical (unpaired) electrons. The quantitative estimate of drug-likeness (QED) is 0.270. The third-order valence-electron chi connectivity index (χ3n) is 3.81. The van der Waals surface area contributed by atoms with Crippen LogP contribution in [0.15, 0.2) is 28.5 Å². The van der Waals surface area contributed by atoms with E-state index in [9.17, 15) is 8.42 Å². The zero-order valence-corrected chi connectivity index (χ0v) is 18.2. The predicted molar refractivity (Wildman–Crippen MR) is 114 cm³/mol. The summed E-state index contributed by atoms with van der Waals surface area (Å²) in [6, 6.07) is 3.87. The van der Waals surface area contributed by atoms with Crippen LogP contribution in [0.25, 0.3) is 0 Å². The van der Waals surface area contributed by atoms with E-state index in [1.807, 2.05) is 19.1 Å². The Morgan fingerprint density at radius 3 is 2.54 bits per heavy atom. The number of guanidine groups is 1. The van der Waals surface area contributed by atoms with Crippen LogP contribution in [0.2, 0.25) is 8.67 Å². The van der Waals surface area contributed by atoms with E-state index in [-0.39, 0.29) is 11.9 Å². The molecule has 0 bridgehead atoms. The van der Waals surface area contributed by atoms with Crippen LogP contribution in [-0.4, -0.2) is 35.9 Å². The van der Waals surface area contributed by atoms with Crippen LogP contribution in [0.3, 0.4) is 0 Å². The highest BCUT2D eigenvalue weighted by molar-refractivity contribution is 7.85. The zero-order valence-electron chi connectivity index (χ0n) is 15.1. The molecule has 3 rings (SSSR count). The van der Waals surface area contributed by atoms with E-state index in [2.05, 4.69) is 15.2 Å². The molecule has 5 N–H and O–H groups in total. The summed E-state index contributed by atoms with van der Waals surface area (Å²) in [5, 5.41) is 8.06. The number of aromatic nitrogens is 1. The predicted octanol–water partition coefficient (Wildman–Crippen LogP) is 2.97. The molecule has 0 spiro atoms. The third-order valence-corrected chi connectivity index (χ3v) is 5.33. The number of aryl methyl sites for hydroxylation is 1. The first-order valence-corrected chi connectivity index (χ1v) is 11.3. The van der Waals surface area contributed by atoms with Gasteiger partial charge in [-0.25, -0.2) is 0 Å². The molecule has 2 heterocycles. The number of hydrogen-bond acceptors (Lipinski definition) is 6. The minimum absolute atomic E-state index is 0.0701. The Morgan fingerprint density at radius 2 is 2.00 bits per heavy atom. The molecule has 28 heavy (non-hydrogen) atoms. The molecule has 12 heteroatoms. The Bertz CT molecular complexity index is 1020. The van der Waals surface area contributed by atoms with Gasteiger partial charge in [-0.05, 0) is 48.9 Å². The summed E-state index contributed by atoms with van der Waals surface area (Å²) < 4.78 is 27.3. The molecule has 2 aromatic rings. The van der Waals surface area contributed by atoms with Crippen LogP contribution in [0.4, 0.5) is 0 Å². The lowest BCUT2D eigenvalue weighted by Gasteiger charge is -2.25. The SMILES string of the molecule is CS(=O)(=O)O.Cc1ccnc2c1/C(=N/N=C(N)N)CC(c1cc(Cl)sc1Cl)C2. The summed E-state index contributed by atoms with van der Waals surface area (Å²) in [7, 11) is -3.67. The van der Waals surface area contributed by atoms with Gasteiger partial charge in [-0.3, -0.25) is 9.54 Å². The third kappa shape index (κ3) is 6.42. The molecule has 0 amide bonds. The number of nitrogens with zero attached hydrogens (tertiary/aromatic N) is 3. The van der Waals surface area contributed by atoms with Gasteiger partial charge < -0.3 is 11.5 Å². The number of thiophene rings is 1. The van der Waals surface area contributed by atoms with Crippen LogP contribution in [-0.2, 0) is 16.5 Å². The lowest BCUT2D eigenvalue weighted by Crippen LogP contribution is -2.24. The van der Waals surface area contributed by atoms with E-state index in [0.717, 1.165) is 34.5 Å². The van der Waals surface area contributed by atoms with Crippen molar-refractivity contribution in [3.63, 3.8) is 0 Å². The Labute approximate surface area is 177 Å². The van der Waals surface area contributed by atoms with Crippen molar-refractivity contribution in [1.82, 2.24) is 4.98 Å². The van der Waals surface area contributed by atoms with Crippen molar-refractivity contribution in [2.45, 2.75) is 25.7 Å². The fraction of sp³-hybridized carbons (Fsp3) is 0.312. The maximum absolute atomic E-state index is 9.19. The van der Waals surface area contributed by atoms with Gasteiger partial charge in [0.05, 0.1) is 26.3 Å². The second-order valence-electron chi connectivity index (χ2n) is 6.14. The molecule has 152 valence electrons. The van der Waals surface area contributed by atoms with Gasteiger partial charge in [0.15, 0.2) is 0 Å². The molecule has 0 saturated heterocycles. The number of hydrogen-bond donors (Lipinski definition) is 3. The van der Waals surface area contributed by atoms with E-state index in [1.165, 1.54) is 11.3 Å². The largest absolute Gasteiger partial charge is 0.369 e. The van der Waals surface area contributed by atoms with Gasteiger partial charge in [0, 0.05) is 11.8 Å². The van der Waals surface area contributed by atoms with Crippen molar-refractivity contribution >= 4 is 56.3 Å². The highest BCUT2D eigenvalue weighted by Gasteiger charge is 2.29. The highest BCUT2D eigenvalue weighted by Crippen LogP contribution is 2.41. The first-order chi connectivity index (χ1) is 13.0. The molecule has 0 saturated carbocycles. The fourth-order valence-electron chi connectivity index (χ4n) is 2.86. The molecule has 1 unspecified atom stereocenters. The van der Waals surface area contributed by atoms with Crippen molar-refractivity contribution in [3.8, 4) is 0 Å². The number of fused-ring (bicyclic) bond motifs is 1. The molecule has 0 aliphatic heterocycles. The number of nitrogens with two attached hydrogens (primary N) is 2. The average Bonchev–Trinajstić information content (AvgIpc) is 2.89. The molecule has 1 aliphatic rings. The van der Waals surface area contributed by atoms with E-state index >= 15 is 0 Å². The summed E-state index contributed by atoms with van der Waals surface area (Å²) in [6.07, 6.45) is 3.98. The van der Waals surface area contributed by atoms with Crippen LogP contribution in [0, 0.1) is 6.92 Å². The standard InChI is InChI=1S/C15H15Cl2N5S.CH4O3S/c1-7-2-3-20-10-4-8(9-6-12(16)23-14(9)17)5-11(13(7)10)21-22-15(18)19;1-5(2,3)4/h2-3,6,8H,4-5H2,1H3,(H4,18,19,22);1H3,(H,2,3,4)/b21-11+;. The number of rotatable bonds is 2. The van der Waals surface area contributed by atoms with Gasteiger partial charge in [0.1, 0.15) is 0 Å². The first-order valence-electron chi connectivity index (χ1n) is 7.93. The molecular weight excluding hydrogens is 445 g/mol. The smallest absolute Gasteiger partial charge is 0.261 e. The van der Waals surface area contributed by atoms with Crippen molar-refractivity contribution < 1.29 is 13.0 Å². The topological polar surface area (TPSA) is 144 Å². The fourth-order valence-corrected chi connectivity index (χ4v) is 4.49. The summed E-state index contributed by atoms with van der Waals surface area (Å²) in [5.41, 5.74) is 15.8. The molecule has 1 atom stereocenters. The first kappa shape index (κ1) is 22.6. The average molecular weight is 464 g/mol.